The molecule has 0 aliphatic rings. The zero-order valence-electron chi connectivity index (χ0n) is 7.55. The van der Waals surface area contributed by atoms with E-state index in [0.29, 0.717) is 5.56 Å². The van der Waals surface area contributed by atoms with E-state index < -0.39 is 0 Å². The van der Waals surface area contributed by atoms with Crippen LogP contribution in [0.15, 0.2) is 24.3 Å². The van der Waals surface area contributed by atoms with Crippen LogP contribution in [0.2, 0.25) is 0 Å². The van der Waals surface area contributed by atoms with Crippen LogP contribution in [0.25, 0.3) is 0 Å². The molecule has 1 aromatic rings. The third kappa shape index (κ3) is 3.27. The molecule has 0 amide bonds. The van der Waals surface area contributed by atoms with E-state index in [9.17, 15) is 4.39 Å². The van der Waals surface area contributed by atoms with Gasteiger partial charge in [-0.1, -0.05) is 24.8 Å². The first-order chi connectivity index (χ1) is 6.22. The van der Waals surface area contributed by atoms with Gasteiger partial charge in [-0.2, -0.15) is 0 Å². The van der Waals surface area contributed by atoms with Crippen LogP contribution in [0, 0.1) is 17.7 Å². The van der Waals surface area contributed by atoms with Gasteiger partial charge in [0.05, 0.1) is 6.04 Å². The Morgan fingerprint density at radius 1 is 1.54 bits per heavy atom. The fraction of sp³-hybridized carbons (Fsp3) is 0.273. The maximum Gasteiger partial charge on any atom is 0.124 e. The quantitative estimate of drug-likeness (QED) is 0.651. The Labute approximate surface area is 77.8 Å². The van der Waals surface area contributed by atoms with Crippen LogP contribution in [-0.4, -0.2) is 6.04 Å². The molecule has 0 heterocycles. The normalized spacial score (nSPS) is 11.6. The van der Waals surface area contributed by atoms with Crippen molar-refractivity contribution in [1.82, 2.24) is 0 Å². The van der Waals surface area contributed by atoms with Gasteiger partial charge in [-0.3, -0.25) is 0 Å². The summed E-state index contributed by atoms with van der Waals surface area (Å²) in [5.41, 5.74) is 6.26. The minimum atomic E-state index is -0.267. The van der Waals surface area contributed by atoms with Gasteiger partial charge in [0.25, 0.3) is 0 Å². The SMILES string of the molecule is CCC(N)C#Cc1cccc(F)c1. The summed E-state index contributed by atoms with van der Waals surface area (Å²) >= 11 is 0. The van der Waals surface area contributed by atoms with Crippen molar-refractivity contribution in [2.45, 2.75) is 19.4 Å². The monoisotopic (exact) mass is 177 g/mol. The van der Waals surface area contributed by atoms with Crippen molar-refractivity contribution >= 4 is 0 Å². The van der Waals surface area contributed by atoms with Crippen molar-refractivity contribution in [2.24, 2.45) is 5.73 Å². The molecule has 1 atom stereocenters. The molecule has 13 heavy (non-hydrogen) atoms. The number of hydrogen-bond acceptors (Lipinski definition) is 1. The number of rotatable bonds is 1. The number of hydrogen-bond donors (Lipinski definition) is 1. The number of halogens is 1. The van der Waals surface area contributed by atoms with Crippen LogP contribution in [0.1, 0.15) is 18.9 Å². The Balaban J connectivity index is 2.77. The Bertz CT molecular complexity index is 335. The van der Waals surface area contributed by atoms with Crippen molar-refractivity contribution < 1.29 is 4.39 Å². The molecule has 0 aliphatic carbocycles. The molecular weight excluding hydrogens is 165 g/mol. The summed E-state index contributed by atoms with van der Waals surface area (Å²) < 4.78 is 12.7. The predicted molar refractivity (Wildman–Crippen MR) is 51.5 cm³/mol. The van der Waals surface area contributed by atoms with E-state index in [-0.39, 0.29) is 11.9 Å². The summed E-state index contributed by atoms with van der Waals surface area (Å²) in [5.74, 6) is 5.39. The highest BCUT2D eigenvalue weighted by Gasteiger charge is 1.92. The zero-order valence-corrected chi connectivity index (χ0v) is 7.55. The largest absolute Gasteiger partial charge is 0.318 e. The van der Waals surface area contributed by atoms with E-state index in [1.165, 1.54) is 12.1 Å². The van der Waals surface area contributed by atoms with Crippen LogP contribution >= 0.6 is 0 Å². The molecule has 0 radical (unpaired) electrons. The molecule has 2 heteroatoms. The van der Waals surface area contributed by atoms with Crippen molar-refractivity contribution in [3.05, 3.63) is 35.6 Å². The van der Waals surface area contributed by atoms with Gasteiger partial charge in [0.1, 0.15) is 5.82 Å². The third-order valence-corrected chi connectivity index (χ3v) is 1.67. The molecule has 1 unspecified atom stereocenters. The third-order valence-electron chi connectivity index (χ3n) is 1.67. The molecule has 0 fully saturated rings. The number of benzene rings is 1. The topological polar surface area (TPSA) is 26.0 Å². The van der Waals surface area contributed by atoms with Crippen molar-refractivity contribution in [1.29, 1.82) is 0 Å². The minimum Gasteiger partial charge on any atom is -0.318 e. The molecule has 0 spiro atoms. The molecule has 1 rings (SSSR count). The lowest BCUT2D eigenvalue weighted by molar-refractivity contribution is 0.627. The van der Waals surface area contributed by atoms with E-state index in [2.05, 4.69) is 11.8 Å². The second-order valence-electron chi connectivity index (χ2n) is 2.79. The second kappa shape index (κ2) is 4.64. The summed E-state index contributed by atoms with van der Waals surface area (Å²) in [6.07, 6.45) is 0.808. The Morgan fingerprint density at radius 3 is 2.92 bits per heavy atom. The first-order valence-electron chi connectivity index (χ1n) is 4.25. The van der Waals surface area contributed by atoms with Gasteiger partial charge < -0.3 is 5.73 Å². The fourth-order valence-corrected chi connectivity index (χ4v) is 0.844. The highest BCUT2D eigenvalue weighted by molar-refractivity contribution is 5.35. The van der Waals surface area contributed by atoms with Crippen LogP contribution in [0.4, 0.5) is 4.39 Å². The molecular formula is C11H12FN. The molecule has 1 aromatic carbocycles. The average Bonchev–Trinajstić information content (AvgIpc) is 2.14. The van der Waals surface area contributed by atoms with Gasteiger partial charge in [-0.05, 0) is 24.6 Å². The van der Waals surface area contributed by atoms with Gasteiger partial charge in [0.15, 0.2) is 0 Å². The Morgan fingerprint density at radius 2 is 2.31 bits per heavy atom. The van der Waals surface area contributed by atoms with Crippen LogP contribution in [-0.2, 0) is 0 Å². The lowest BCUT2D eigenvalue weighted by Crippen LogP contribution is -2.15. The first kappa shape index (κ1) is 9.76. The molecule has 1 nitrogen and oxygen atoms in total. The number of nitrogens with two attached hydrogens (primary N) is 1. The lowest BCUT2D eigenvalue weighted by atomic mass is 10.2. The van der Waals surface area contributed by atoms with Crippen molar-refractivity contribution in [3.8, 4) is 11.8 Å². The van der Waals surface area contributed by atoms with E-state index in [1.807, 2.05) is 6.92 Å². The van der Waals surface area contributed by atoms with E-state index in [0.717, 1.165) is 6.42 Å². The standard InChI is InChI=1S/C11H12FN/c1-2-11(13)7-6-9-4-3-5-10(12)8-9/h3-5,8,11H,2,13H2,1H3. The van der Waals surface area contributed by atoms with Crippen LogP contribution < -0.4 is 5.73 Å². The molecule has 0 saturated heterocycles. The van der Waals surface area contributed by atoms with Gasteiger partial charge in [-0.15, -0.1) is 0 Å². The molecule has 2 N–H and O–H groups in total. The molecule has 0 saturated carbocycles. The van der Waals surface area contributed by atoms with E-state index >= 15 is 0 Å². The highest BCUT2D eigenvalue weighted by Crippen LogP contribution is 2.01. The van der Waals surface area contributed by atoms with Gasteiger partial charge >= 0.3 is 0 Å². The molecule has 0 aromatic heterocycles. The summed E-state index contributed by atoms with van der Waals surface area (Å²) in [4.78, 5) is 0. The summed E-state index contributed by atoms with van der Waals surface area (Å²) in [6.45, 7) is 1.96. The highest BCUT2D eigenvalue weighted by atomic mass is 19.1. The van der Waals surface area contributed by atoms with Gasteiger partial charge in [0.2, 0.25) is 0 Å². The summed E-state index contributed by atoms with van der Waals surface area (Å²) in [7, 11) is 0. The molecule has 0 bridgehead atoms. The van der Waals surface area contributed by atoms with E-state index in [4.69, 9.17) is 5.73 Å². The lowest BCUT2D eigenvalue weighted by Gasteiger charge is -1.95. The average molecular weight is 177 g/mol. The first-order valence-corrected chi connectivity index (χ1v) is 4.25. The summed E-state index contributed by atoms with van der Waals surface area (Å²) in [6, 6.07) is 6.07. The molecule has 68 valence electrons. The maximum absolute atomic E-state index is 12.7. The minimum absolute atomic E-state index is 0.122. The summed E-state index contributed by atoms with van der Waals surface area (Å²) in [5, 5.41) is 0. The van der Waals surface area contributed by atoms with Crippen molar-refractivity contribution in [2.75, 3.05) is 0 Å². The van der Waals surface area contributed by atoms with Gasteiger partial charge in [-0.25, -0.2) is 4.39 Å². The van der Waals surface area contributed by atoms with Crippen molar-refractivity contribution in [3.63, 3.8) is 0 Å². The predicted octanol–water partition coefficient (Wildman–Crippen LogP) is 1.91. The second-order valence-corrected chi connectivity index (χ2v) is 2.79. The fourth-order valence-electron chi connectivity index (χ4n) is 0.844. The van der Waals surface area contributed by atoms with Crippen LogP contribution in [0.3, 0.4) is 0 Å². The Kier molecular flexibility index (Phi) is 3.48. The van der Waals surface area contributed by atoms with Gasteiger partial charge in [0, 0.05) is 5.56 Å². The van der Waals surface area contributed by atoms with Crippen LogP contribution in [0.5, 0.6) is 0 Å². The smallest absolute Gasteiger partial charge is 0.124 e. The maximum atomic E-state index is 12.7. The van der Waals surface area contributed by atoms with E-state index in [1.54, 1.807) is 12.1 Å². The molecule has 0 aliphatic heterocycles. The Hall–Kier alpha value is -1.33. The zero-order chi connectivity index (χ0) is 9.68.